The van der Waals surface area contributed by atoms with Crippen LogP contribution in [-0.2, 0) is 4.74 Å². The Morgan fingerprint density at radius 3 is 2.72 bits per heavy atom. The number of thioether (sulfide) groups is 1. The smallest absolute Gasteiger partial charge is 0.0657 e. The number of methoxy groups -OCH3 is 1. The number of aliphatic hydroxyl groups is 1. The van der Waals surface area contributed by atoms with Crippen LogP contribution in [0.5, 0.6) is 0 Å². The summed E-state index contributed by atoms with van der Waals surface area (Å²) in [6.45, 7) is 1.93. The molecule has 4 heteroatoms. The lowest BCUT2D eigenvalue weighted by atomic mass is 10.1. The summed E-state index contributed by atoms with van der Waals surface area (Å²) < 4.78 is 5.25. The summed E-state index contributed by atoms with van der Waals surface area (Å²) in [6, 6.07) is 10.6. The molecule has 0 fully saturated rings. The second-order valence-electron chi connectivity index (χ2n) is 4.06. The Kier molecular flexibility index (Phi) is 8.94. The van der Waals surface area contributed by atoms with E-state index >= 15 is 0 Å². The monoisotopic (exact) mass is 269 g/mol. The van der Waals surface area contributed by atoms with E-state index in [2.05, 4.69) is 29.6 Å². The van der Waals surface area contributed by atoms with Crippen molar-refractivity contribution in [1.82, 2.24) is 5.32 Å². The molecule has 0 radical (unpaired) electrons. The predicted octanol–water partition coefficient (Wildman–Crippen LogP) is 2.08. The van der Waals surface area contributed by atoms with Crippen LogP contribution in [-0.4, -0.2) is 43.5 Å². The SMILES string of the molecule is COCC(NCCSCCCO)c1ccccc1. The Balaban J connectivity index is 2.26. The molecule has 0 aliphatic heterocycles. The molecular formula is C14H23NO2S. The minimum Gasteiger partial charge on any atom is -0.396 e. The molecule has 0 amide bonds. The maximum absolute atomic E-state index is 8.68. The van der Waals surface area contributed by atoms with E-state index in [9.17, 15) is 0 Å². The lowest BCUT2D eigenvalue weighted by Crippen LogP contribution is -2.27. The largest absolute Gasteiger partial charge is 0.396 e. The van der Waals surface area contributed by atoms with Crippen molar-refractivity contribution in [3.63, 3.8) is 0 Å². The number of ether oxygens (including phenoxy) is 1. The molecule has 0 aliphatic carbocycles. The Hall–Kier alpha value is -0.550. The molecule has 0 saturated carbocycles. The van der Waals surface area contributed by atoms with Crippen LogP contribution >= 0.6 is 11.8 Å². The summed E-state index contributed by atoms with van der Waals surface area (Å²) in [5.41, 5.74) is 1.26. The highest BCUT2D eigenvalue weighted by Gasteiger charge is 2.09. The van der Waals surface area contributed by atoms with E-state index in [0.717, 1.165) is 24.5 Å². The van der Waals surface area contributed by atoms with Gasteiger partial charge in [-0.05, 0) is 17.7 Å². The van der Waals surface area contributed by atoms with Gasteiger partial charge in [0.1, 0.15) is 0 Å². The number of rotatable bonds is 10. The van der Waals surface area contributed by atoms with E-state index in [1.807, 2.05) is 17.8 Å². The third-order valence-electron chi connectivity index (χ3n) is 2.62. The summed E-state index contributed by atoms with van der Waals surface area (Å²) in [6.07, 6.45) is 0.880. The van der Waals surface area contributed by atoms with Crippen LogP contribution in [0.4, 0.5) is 0 Å². The predicted molar refractivity (Wildman–Crippen MR) is 78.1 cm³/mol. The highest BCUT2D eigenvalue weighted by molar-refractivity contribution is 7.99. The molecule has 1 atom stereocenters. The van der Waals surface area contributed by atoms with Crippen molar-refractivity contribution in [2.45, 2.75) is 12.5 Å². The van der Waals surface area contributed by atoms with Gasteiger partial charge in [0, 0.05) is 26.0 Å². The van der Waals surface area contributed by atoms with Crippen molar-refractivity contribution < 1.29 is 9.84 Å². The van der Waals surface area contributed by atoms with Gasteiger partial charge in [0.25, 0.3) is 0 Å². The zero-order valence-corrected chi connectivity index (χ0v) is 11.8. The molecule has 1 aromatic carbocycles. The van der Waals surface area contributed by atoms with Crippen LogP contribution in [0, 0.1) is 0 Å². The number of aliphatic hydroxyl groups excluding tert-OH is 1. The van der Waals surface area contributed by atoms with Gasteiger partial charge in [0.15, 0.2) is 0 Å². The van der Waals surface area contributed by atoms with Gasteiger partial charge in [-0.25, -0.2) is 0 Å². The Morgan fingerprint density at radius 1 is 1.28 bits per heavy atom. The van der Waals surface area contributed by atoms with Crippen LogP contribution in [0.15, 0.2) is 30.3 Å². The lowest BCUT2D eigenvalue weighted by molar-refractivity contribution is 0.168. The highest BCUT2D eigenvalue weighted by atomic mass is 32.2. The topological polar surface area (TPSA) is 41.5 Å². The van der Waals surface area contributed by atoms with Crippen molar-refractivity contribution in [1.29, 1.82) is 0 Å². The fourth-order valence-electron chi connectivity index (χ4n) is 1.70. The van der Waals surface area contributed by atoms with Gasteiger partial charge in [-0.2, -0.15) is 11.8 Å². The Labute approximate surface area is 114 Å². The highest BCUT2D eigenvalue weighted by Crippen LogP contribution is 2.12. The molecule has 0 spiro atoms. The average molecular weight is 269 g/mol. The first-order chi connectivity index (χ1) is 8.88. The number of hydrogen-bond donors (Lipinski definition) is 2. The fraction of sp³-hybridized carbons (Fsp3) is 0.571. The zero-order chi connectivity index (χ0) is 13.1. The Bertz CT molecular complexity index is 295. The third-order valence-corrected chi connectivity index (χ3v) is 3.69. The van der Waals surface area contributed by atoms with Crippen LogP contribution in [0.25, 0.3) is 0 Å². The summed E-state index contributed by atoms with van der Waals surface area (Å²) in [7, 11) is 1.73. The van der Waals surface area contributed by atoms with E-state index in [1.54, 1.807) is 7.11 Å². The molecule has 0 aliphatic rings. The molecule has 2 N–H and O–H groups in total. The standard InChI is InChI=1S/C14H23NO2S/c1-17-12-14(13-6-3-2-4-7-13)15-8-11-18-10-5-9-16/h2-4,6-7,14-16H,5,8-12H2,1H3. The van der Waals surface area contributed by atoms with Crippen molar-refractivity contribution in [3.8, 4) is 0 Å². The quantitative estimate of drug-likeness (QED) is 0.638. The number of hydrogen-bond acceptors (Lipinski definition) is 4. The van der Waals surface area contributed by atoms with Gasteiger partial charge < -0.3 is 15.2 Å². The van der Waals surface area contributed by atoms with Gasteiger partial charge in [-0.1, -0.05) is 30.3 Å². The van der Waals surface area contributed by atoms with Crippen LogP contribution in [0.3, 0.4) is 0 Å². The maximum atomic E-state index is 8.68. The van der Waals surface area contributed by atoms with Crippen LogP contribution in [0.1, 0.15) is 18.0 Å². The van der Waals surface area contributed by atoms with Crippen molar-refractivity contribution >= 4 is 11.8 Å². The first-order valence-corrected chi connectivity index (χ1v) is 7.50. The molecule has 1 rings (SSSR count). The number of nitrogens with one attached hydrogen (secondary N) is 1. The van der Waals surface area contributed by atoms with Crippen molar-refractivity contribution in [2.75, 3.05) is 38.4 Å². The lowest BCUT2D eigenvalue weighted by Gasteiger charge is -2.18. The first-order valence-electron chi connectivity index (χ1n) is 6.34. The molecule has 102 valence electrons. The van der Waals surface area contributed by atoms with E-state index < -0.39 is 0 Å². The third kappa shape index (κ3) is 6.40. The van der Waals surface area contributed by atoms with Crippen LogP contribution in [0.2, 0.25) is 0 Å². The molecule has 18 heavy (non-hydrogen) atoms. The second kappa shape index (κ2) is 10.4. The second-order valence-corrected chi connectivity index (χ2v) is 5.29. The maximum Gasteiger partial charge on any atom is 0.0657 e. The molecule has 0 heterocycles. The molecule has 1 unspecified atom stereocenters. The molecule has 1 aromatic rings. The zero-order valence-electron chi connectivity index (χ0n) is 11.0. The van der Waals surface area contributed by atoms with Gasteiger partial charge >= 0.3 is 0 Å². The number of benzene rings is 1. The summed E-state index contributed by atoms with van der Waals surface area (Å²) in [5.74, 6) is 2.09. The minimum atomic E-state index is 0.259. The summed E-state index contributed by atoms with van der Waals surface area (Å²) >= 11 is 1.87. The van der Waals surface area contributed by atoms with E-state index in [4.69, 9.17) is 9.84 Å². The normalized spacial score (nSPS) is 12.6. The fourth-order valence-corrected chi connectivity index (χ4v) is 2.50. The summed E-state index contributed by atoms with van der Waals surface area (Å²) in [5, 5.41) is 12.2. The molecule has 0 bridgehead atoms. The van der Waals surface area contributed by atoms with Gasteiger partial charge in [-0.15, -0.1) is 0 Å². The minimum absolute atomic E-state index is 0.259. The van der Waals surface area contributed by atoms with Crippen LogP contribution < -0.4 is 5.32 Å². The van der Waals surface area contributed by atoms with Gasteiger partial charge in [0.2, 0.25) is 0 Å². The Morgan fingerprint density at radius 2 is 2.06 bits per heavy atom. The molecular weight excluding hydrogens is 246 g/mol. The van der Waals surface area contributed by atoms with E-state index in [0.29, 0.717) is 6.61 Å². The molecule has 3 nitrogen and oxygen atoms in total. The van der Waals surface area contributed by atoms with Crippen molar-refractivity contribution in [3.05, 3.63) is 35.9 Å². The molecule has 0 aromatic heterocycles. The molecule has 0 saturated heterocycles. The average Bonchev–Trinajstić information content (AvgIpc) is 2.42. The van der Waals surface area contributed by atoms with Crippen molar-refractivity contribution in [2.24, 2.45) is 0 Å². The van der Waals surface area contributed by atoms with E-state index in [1.165, 1.54) is 5.56 Å². The summed E-state index contributed by atoms with van der Waals surface area (Å²) in [4.78, 5) is 0. The first kappa shape index (κ1) is 15.5. The van der Waals surface area contributed by atoms with E-state index in [-0.39, 0.29) is 12.6 Å². The van der Waals surface area contributed by atoms with Gasteiger partial charge in [0.05, 0.1) is 12.6 Å². The van der Waals surface area contributed by atoms with Gasteiger partial charge in [-0.3, -0.25) is 0 Å².